The fraction of sp³-hybridized carbons (Fsp3) is 0.600. The van der Waals surface area contributed by atoms with Crippen molar-refractivity contribution < 1.29 is 14.3 Å². The molecule has 0 bridgehead atoms. The monoisotopic (exact) mass is 357 g/mol. The fourth-order valence-corrected chi connectivity index (χ4v) is 3.86. The molecule has 4 rings (SSSR count). The highest BCUT2D eigenvalue weighted by atomic mass is 16.3. The van der Waals surface area contributed by atoms with E-state index in [4.69, 9.17) is 4.42 Å². The number of carbonyl (C=O) groups is 1. The summed E-state index contributed by atoms with van der Waals surface area (Å²) in [6.07, 6.45) is 2.60. The van der Waals surface area contributed by atoms with Gasteiger partial charge in [-0.2, -0.15) is 0 Å². The maximum absolute atomic E-state index is 12.6. The van der Waals surface area contributed by atoms with Crippen LogP contribution in [-0.4, -0.2) is 40.2 Å². The maximum atomic E-state index is 12.6. The second-order valence-electron chi connectivity index (χ2n) is 8.71. The van der Waals surface area contributed by atoms with Gasteiger partial charge in [0.1, 0.15) is 5.52 Å². The summed E-state index contributed by atoms with van der Waals surface area (Å²) in [5.74, 6) is 1.47. The number of aromatic nitrogens is 1. The molecule has 0 radical (unpaired) electrons. The molecule has 1 aliphatic heterocycles. The van der Waals surface area contributed by atoms with E-state index in [2.05, 4.69) is 31.1 Å². The van der Waals surface area contributed by atoms with Crippen LogP contribution in [0.1, 0.15) is 51.8 Å². The van der Waals surface area contributed by atoms with Gasteiger partial charge < -0.3 is 19.7 Å². The van der Waals surface area contributed by atoms with Gasteiger partial charge in [0.05, 0.1) is 6.10 Å². The van der Waals surface area contributed by atoms with E-state index >= 15 is 0 Å². The van der Waals surface area contributed by atoms with Crippen LogP contribution in [-0.2, 0) is 0 Å². The molecule has 1 aromatic carbocycles. The van der Waals surface area contributed by atoms with E-state index < -0.39 is 6.10 Å². The summed E-state index contributed by atoms with van der Waals surface area (Å²) in [5, 5.41) is 13.4. The molecule has 140 valence electrons. The first-order valence-corrected chi connectivity index (χ1v) is 9.46. The number of nitrogens with one attached hydrogen (secondary N) is 1. The Bertz CT molecular complexity index is 819. The number of anilines is 1. The van der Waals surface area contributed by atoms with E-state index in [-0.39, 0.29) is 17.4 Å². The van der Waals surface area contributed by atoms with Crippen LogP contribution in [0.4, 0.5) is 10.5 Å². The Balaban J connectivity index is 1.42. The number of fused-ring (bicyclic) bond motifs is 1. The molecule has 2 N–H and O–H groups in total. The van der Waals surface area contributed by atoms with E-state index in [0.717, 1.165) is 36.3 Å². The Labute approximate surface area is 153 Å². The van der Waals surface area contributed by atoms with E-state index in [1.165, 1.54) is 0 Å². The number of oxazole rings is 1. The van der Waals surface area contributed by atoms with Crippen LogP contribution in [0.25, 0.3) is 11.1 Å². The molecule has 1 aliphatic carbocycles. The minimum absolute atomic E-state index is 0.0409. The molecule has 6 nitrogen and oxygen atoms in total. The number of hydrogen-bond acceptors (Lipinski definition) is 4. The highest BCUT2D eigenvalue weighted by molar-refractivity contribution is 5.91. The van der Waals surface area contributed by atoms with E-state index in [9.17, 15) is 9.90 Å². The lowest BCUT2D eigenvalue weighted by Gasteiger charge is -2.42. The minimum atomic E-state index is -0.492. The van der Waals surface area contributed by atoms with Crippen LogP contribution < -0.4 is 5.32 Å². The number of β-amino-alcohol motifs (C(OH)–C–C–N with tert-alkyl or cyclic N) is 1. The molecule has 0 unspecified atom stereocenters. The minimum Gasteiger partial charge on any atom is -0.440 e. The van der Waals surface area contributed by atoms with Gasteiger partial charge in [0, 0.05) is 24.7 Å². The number of amides is 2. The Morgan fingerprint density at radius 1 is 1.31 bits per heavy atom. The van der Waals surface area contributed by atoms with Crippen LogP contribution in [0.3, 0.4) is 0 Å². The smallest absolute Gasteiger partial charge is 0.321 e. The highest BCUT2D eigenvalue weighted by Crippen LogP contribution is 2.40. The number of carbonyl (C=O) groups excluding carboxylic acids is 1. The van der Waals surface area contributed by atoms with Gasteiger partial charge in [-0.3, -0.25) is 0 Å². The third-order valence-corrected chi connectivity index (χ3v) is 5.56. The molecule has 2 aromatic rings. The second kappa shape index (κ2) is 6.27. The van der Waals surface area contributed by atoms with Crippen LogP contribution in [0, 0.1) is 11.3 Å². The first-order valence-electron chi connectivity index (χ1n) is 9.46. The van der Waals surface area contributed by atoms with Gasteiger partial charge in [0.25, 0.3) is 0 Å². The van der Waals surface area contributed by atoms with Gasteiger partial charge in [-0.1, -0.05) is 20.8 Å². The van der Waals surface area contributed by atoms with Crippen molar-refractivity contribution in [3.8, 4) is 0 Å². The normalized spacial score (nSPS) is 24.1. The van der Waals surface area contributed by atoms with Crippen molar-refractivity contribution in [1.29, 1.82) is 0 Å². The van der Waals surface area contributed by atoms with Gasteiger partial charge in [-0.05, 0) is 48.8 Å². The lowest BCUT2D eigenvalue weighted by atomic mass is 9.74. The summed E-state index contributed by atoms with van der Waals surface area (Å²) >= 11 is 0. The molecule has 2 heterocycles. The number of likely N-dealkylation sites (tertiary alicyclic amines) is 1. The summed E-state index contributed by atoms with van der Waals surface area (Å²) < 4.78 is 5.76. The lowest BCUT2D eigenvalue weighted by molar-refractivity contribution is -0.0107. The molecule has 1 aromatic heterocycles. The average molecular weight is 357 g/mol. The van der Waals surface area contributed by atoms with Gasteiger partial charge in [0.2, 0.25) is 0 Å². The average Bonchev–Trinajstić information content (AvgIpc) is 3.33. The number of hydrogen-bond donors (Lipinski definition) is 2. The molecular weight excluding hydrogens is 330 g/mol. The summed E-state index contributed by atoms with van der Waals surface area (Å²) in [6.45, 7) is 7.44. The molecule has 0 spiro atoms. The number of piperidine rings is 1. The van der Waals surface area contributed by atoms with Gasteiger partial charge in [-0.25, -0.2) is 9.78 Å². The molecule has 2 atom stereocenters. The standard InChI is InChI=1S/C20H27N3O3/c1-20(2,3)14-8-9-23(11-16(14)24)19(25)21-13-6-7-17-15(10-13)22-18(26-17)12-4-5-12/h6-7,10,12,14,16,24H,4-5,8-9,11H2,1-3H3,(H,21,25)/t14-,16-/m1/s1. The van der Waals surface area contributed by atoms with E-state index in [1.54, 1.807) is 4.90 Å². The molecule has 26 heavy (non-hydrogen) atoms. The Morgan fingerprint density at radius 3 is 2.73 bits per heavy atom. The van der Waals surface area contributed by atoms with Crippen molar-refractivity contribution in [3.63, 3.8) is 0 Å². The van der Waals surface area contributed by atoms with Crippen molar-refractivity contribution in [2.24, 2.45) is 11.3 Å². The van der Waals surface area contributed by atoms with E-state index in [1.807, 2.05) is 18.2 Å². The molecule has 6 heteroatoms. The summed E-state index contributed by atoms with van der Waals surface area (Å²) in [7, 11) is 0. The quantitative estimate of drug-likeness (QED) is 0.852. The lowest BCUT2D eigenvalue weighted by Crippen LogP contribution is -2.51. The summed E-state index contributed by atoms with van der Waals surface area (Å²) in [5.41, 5.74) is 2.27. The molecule has 1 saturated carbocycles. The van der Waals surface area contributed by atoms with Crippen molar-refractivity contribution in [2.45, 2.75) is 52.1 Å². The molecular formula is C20H27N3O3. The zero-order chi connectivity index (χ0) is 18.5. The fourth-order valence-electron chi connectivity index (χ4n) is 3.86. The highest BCUT2D eigenvalue weighted by Gasteiger charge is 2.37. The van der Waals surface area contributed by atoms with E-state index in [0.29, 0.717) is 24.7 Å². The molecule has 2 fully saturated rings. The third kappa shape index (κ3) is 3.43. The SMILES string of the molecule is CC(C)(C)[C@@H]1CCN(C(=O)Nc2ccc3oc(C4CC4)nc3c2)C[C@H]1O. The van der Waals surface area contributed by atoms with Gasteiger partial charge in [-0.15, -0.1) is 0 Å². The van der Waals surface area contributed by atoms with Crippen molar-refractivity contribution in [3.05, 3.63) is 24.1 Å². The zero-order valence-corrected chi connectivity index (χ0v) is 15.7. The Hall–Kier alpha value is -2.08. The number of urea groups is 1. The first kappa shape index (κ1) is 17.3. The van der Waals surface area contributed by atoms with Crippen molar-refractivity contribution in [2.75, 3.05) is 18.4 Å². The maximum Gasteiger partial charge on any atom is 0.321 e. The predicted octanol–water partition coefficient (Wildman–Crippen LogP) is 3.97. The number of aliphatic hydroxyl groups excluding tert-OH is 1. The van der Waals surface area contributed by atoms with Gasteiger partial charge in [0.15, 0.2) is 11.5 Å². The molecule has 2 aliphatic rings. The second-order valence-corrected chi connectivity index (χ2v) is 8.71. The zero-order valence-electron chi connectivity index (χ0n) is 15.7. The third-order valence-electron chi connectivity index (χ3n) is 5.56. The summed E-state index contributed by atoms with van der Waals surface area (Å²) in [6, 6.07) is 5.35. The molecule has 2 amide bonds. The topological polar surface area (TPSA) is 78.6 Å². The first-order chi connectivity index (χ1) is 12.3. The number of rotatable bonds is 2. The molecule has 1 saturated heterocycles. The number of aliphatic hydroxyl groups is 1. The van der Waals surface area contributed by atoms with Crippen LogP contribution in [0.5, 0.6) is 0 Å². The van der Waals surface area contributed by atoms with Crippen LogP contribution in [0.15, 0.2) is 22.6 Å². The summed E-state index contributed by atoms with van der Waals surface area (Å²) in [4.78, 5) is 18.8. The Morgan fingerprint density at radius 2 is 2.08 bits per heavy atom. The Kier molecular flexibility index (Phi) is 4.18. The number of benzene rings is 1. The van der Waals surface area contributed by atoms with Gasteiger partial charge >= 0.3 is 6.03 Å². The van der Waals surface area contributed by atoms with Crippen molar-refractivity contribution >= 4 is 22.8 Å². The number of nitrogens with zero attached hydrogens (tertiary/aromatic N) is 2. The predicted molar refractivity (Wildman–Crippen MR) is 100 cm³/mol. The largest absolute Gasteiger partial charge is 0.440 e. The van der Waals surface area contributed by atoms with Crippen LogP contribution >= 0.6 is 0 Å². The van der Waals surface area contributed by atoms with Crippen LogP contribution in [0.2, 0.25) is 0 Å². The van der Waals surface area contributed by atoms with Crippen molar-refractivity contribution in [1.82, 2.24) is 9.88 Å².